The fraction of sp³-hybridized carbons (Fsp3) is 0.923. The molecule has 1 saturated carbocycles. The predicted molar refractivity (Wildman–Crippen MR) is 64.8 cm³/mol. The van der Waals surface area contributed by atoms with Crippen LogP contribution in [0, 0.1) is 22.7 Å². The van der Waals surface area contributed by atoms with E-state index in [-0.39, 0.29) is 5.41 Å². The summed E-state index contributed by atoms with van der Waals surface area (Å²) >= 11 is 0. The van der Waals surface area contributed by atoms with Crippen LogP contribution in [0.5, 0.6) is 0 Å². The molecule has 0 bridgehead atoms. The van der Waals surface area contributed by atoms with E-state index in [4.69, 9.17) is 15.7 Å². The first kappa shape index (κ1) is 13.5. The Labute approximate surface area is 99.0 Å². The molecule has 0 aliphatic heterocycles. The van der Waals surface area contributed by atoms with Gasteiger partial charge in [0.2, 0.25) is 0 Å². The highest BCUT2D eigenvalue weighted by Gasteiger charge is 2.26. The summed E-state index contributed by atoms with van der Waals surface area (Å²) in [6.45, 7) is 5.47. The van der Waals surface area contributed by atoms with Gasteiger partial charge in [-0.3, -0.25) is 0 Å². The molecule has 0 radical (unpaired) electrons. The molecule has 0 aromatic heterocycles. The van der Waals surface area contributed by atoms with Gasteiger partial charge in [-0.1, -0.05) is 6.42 Å². The van der Waals surface area contributed by atoms with Gasteiger partial charge in [0.1, 0.15) is 0 Å². The Morgan fingerprint density at radius 3 is 2.81 bits per heavy atom. The maximum atomic E-state index is 8.88. The second kappa shape index (κ2) is 6.22. The summed E-state index contributed by atoms with van der Waals surface area (Å²) in [5, 5.41) is 8.88. The van der Waals surface area contributed by atoms with Crippen LogP contribution in [-0.2, 0) is 4.74 Å². The van der Waals surface area contributed by atoms with Crippen molar-refractivity contribution in [3.05, 3.63) is 0 Å². The highest BCUT2D eigenvalue weighted by Crippen LogP contribution is 2.28. The summed E-state index contributed by atoms with van der Waals surface area (Å²) in [6.07, 6.45) is 5.86. The quantitative estimate of drug-likeness (QED) is 0.705. The molecule has 1 aliphatic carbocycles. The third-order valence-corrected chi connectivity index (χ3v) is 3.47. The lowest BCUT2D eigenvalue weighted by Gasteiger charge is -2.20. The van der Waals surface area contributed by atoms with Gasteiger partial charge in [0, 0.05) is 6.61 Å². The Kier molecular flexibility index (Phi) is 5.24. The zero-order valence-corrected chi connectivity index (χ0v) is 10.5. The topological polar surface area (TPSA) is 59.0 Å². The SMILES string of the molecule is CC(C)(C#N)CCCOC1CCCC1CN. The van der Waals surface area contributed by atoms with E-state index in [2.05, 4.69) is 6.07 Å². The normalized spacial score (nSPS) is 25.6. The van der Waals surface area contributed by atoms with Gasteiger partial charge in [0.25, 0.3) is 0 Å². The van der Waals surface area contributed by atoms with Crippen LogP contribution >= 0.6 is 0 Å². The van der Waals surface area contributed by atoms with Crippen molar-refractivity contribution < 1.29 is 4.74 Å². The Morgan fingerprint density at radius 2 is 2.19 bits per heavy atom. The summed E-state index contributed by atoms with van der Waals surface area (Å²) in [4.78, 5) is 0. The molecule has 0 aromatic carbocycles. The number of rotatable bonds is 6. The Morgan fingerprint density at radius 1 is 1.44 bits per heavy atom. The lowest BCUT2D eigenvalue weighted by molar-refractivity contribution is 0.0258. The van der Waals surface area contributed by atoms with Gasteiger partial charge in [-0.05, 0) is 52.0 Å². The largest absolute Gasteiger partial charge is 0.378 e. The van der Waals surface area contributed by atoms with Gasteiger partial charge in [-0.15, -0.1) is 0 Å². The second-order valence-electron chi connectivity index (χ2n) is 5.44. The zero-order valence-electron chi connectivity index (χ0n) is 10.5. The molecular formula is C13H24N2O. The van der Waals surface area contributed by atoms with Crippen LogP contribution in [-0.4, -0.2) is 19.3 Å². The standard InChI is InChI=1S/C13H24N2O/c1-13(2,10-15)7-4-8-16-12-6-3-5-11(12)9-14/h11-12H,3-9,14H2,1-2H3. The molecule has 1 rings (SSSR count). The van der Waals surface area contributed by atoms with Crippen LogP contribution in [0.3, 0.4) is 0 Å². The van der Waals surface area contributed by atoms with Crippen molar-refractivity contribution in [2.75, 3.05) is 13.2 Å². The average Bonchev–Trinajstić information content (AvgIpc) is 2.72. The lowest BCUT2D eigenvalue weighted by atomic mass is 9.90. The van der Waals surface area contributed by atoms with Crippen molar-refractivity contribution in [3.8, 4) is 6.07 Å². The first-order valence-corrected chi connectivity index (χ1v) is 6.32. The zero-order chi connectivity index (χ0) is 12.0. The number of nitrogens with zero attached hydrogens (tertiary/aromatic N) is 1. The van der Waals surface area contributed by atoms with E-state index < -0.39 is 0 Å². The molecule has 0 spiro atoms. The summed E-state index contributed by atoms with van der Waals surface area (Å²) in [6, 6.07) is 2.31. The Bertz CT molecular complexity index is 245. The predicted octanol–water partition coefficient (Wildman–Crippen LogP) is 2.46. The van der Waals surface area contributed by atoms with Gasteiger partial charge >= 0.3 is 0 Å². The highest BCUT2D eigenvalue weighted by molar-refractivity contribution is 4.91. The third kappa shape index (κ3) is 4.11. The summed E-state index contributed by atoms with van der Waals surface area (Å²) in [5.74, 6) is 0.559. The van der Waals surface area contributed by atoms with Crippen molar-refractivity contribution in [1.29, 1.82) is 5.26 Å². The van der Waals surface area contributed by atoms with E-state index in [1.54, 1.807) is 0 Å². The molecule has 2 N–H and O–H groups in total. The van der Waals surface area contributed by atoms with Crippen LogP contribution < -0.4 is 5.73 Å². The monoisotopic (exact) mass is 224 g/mol. The van der Waals surface area contributed by atoms with Gasteiger partial charge in [0.05, 0.1) is 17.6 Å². The second-order valence-corrected chi connectivity index (χ2v) is 5.44. The summed E-state index contributed by atoms with van der Waals surface area (Å²) in [7, 11) is 0. The molecule has 92 valence electrons. The van der Waals surface area contributed by atoms with Gasteiger partial charge in [-0.2, -0.15) is 5.26 Å². The number of ether oxygens (including phenoxy) is 1. The van der Waals surface area contributed by atoms with E-state index in [9.17, 15) is 0 Å². The van der Waals surface area contributed by atoms with Crippen LogP contribution in [0.4, 0.5) is 0 Å². The molecule has 1 fully saturated rings. The van der Waals surface area contributed by atoms with E-state index in [1.807, 2.05) is 13.8 Å². The minimum atomic E-state index is -0.216. The van der Waals surface area contributed by atoms with E-state index in [1.165, 1.54) is 12.8 Å². The number of hydrogen-bond donors (Lipinski definition) is 1. The van der Waals surface area contributed by atoms with Crippen molar-refractivity contribution >= 4 is 0 Å². The first-order chi connectivity index (χ1) is 7.59. The molecule has 0 heterocycles. The molecular weight excluding hydrogens is 200 g/mol. The molecule has 1 aliphatic rings. The van der Waals surface area contributed by atoms with Gasteiger partial charge in [0.15, 0.2) is 0 Å². The van der Waals surface area contributed by atoms with Crippen molar-refractivity contribution in [3.63, 3.8) is 0 Å². The van der Waals surface area contributed by atoms with Crippen LogP contribution in [0.2, 0.25) is 0 Å². The fourth-order valence-corrected chi connectivity index (χ4v) is 2.30. The Balaban J connectivity index is 2.14. The van der Waals surface area contributed by atoms with Crippen molar-refractivity contribution in [1.82, 2.24) is 0 Å². The third-order valence-electron chi connectivity index (χ3n) is 3.47. The van der Waals surface area contributed by atoms with E-state index in [0.717, 1.165) is 32.4 Å². The molecule has 3 nitrogen and oxygen atoms in total. The molecule has 0 aromatic rings. The number of hydrogen-bond acceptors (Lipinski definition) is 3. The first-order valence-electron chi connectivity index (χ1n) is 6.32. The minimum absolute atomic E-state index is 0.216. The van der Waals surface area contributed by atoms with Gasteiger partial charge in [-0.25, -0.2) is 0 Å². The van der Waals surface area contributed by atoms with Crippen LogP contribution in [0.1, 0.15) is 46.0 Å². The maximum absolute atomic E-state index is 8.88. The molecule has 16 heavy (non-hydrogen) atoms. The highest BCUT2D eigenvalue weighted by atomic mass is 16.5. The fourth-order valence-electron chi connectivity index (χ4n) is 2.30. The summed E-state index contributed by atoms with van der Waals surface area (Å²) in [5.41, 5.74) is 5.48. The van der Waals surface area contributed by atoms with Gasteiger partial charge < -0.3 is 10.5 Å². The van der Waals surface area contributed by atoms with Crippen molar-refractivity contribution in [2.45, 2.75) is 52.1 Å². The van der Waals surface area contributed by atoms with Crippen molar-refractivity contribution in [2.24, 2.45) is 17.1 Å². The van der Waals surface area contributed by atoms with E-state index in [0.29, 0.717) is 12.0 Å². The molecule has 2 atom stereocenters. The Hall–Kier alpha value is -0.590. The number of nitriles is 1. The lowest BCUT2D eigenvalue weighted by Crippen LogP contribution is -2.25. The smallest absolute Gasteiger partial charge is 0.0683 e. The maximum Gasteiger partial charge on any atom is 0.0683 e. The number of nitrogens with two attached hydrogens (primary N) is 1. The summed E-state index contributed by atoms with van der Waals surface area (Å²) < 4.78 is 5.86. The molecule has 0 saturated heterocycles. The molecule has 3 heteroatoms. The minimum Gasteiger partial charge on any atom is -0.378 e. The van der Waals surface area contributed by atoms with Crippen LogP contribution in [0.25, 0.3) is 0 Å². The van der Waals surface area contributed by atoms with E-state index >= 15 is 0 Å². The molecule has 2 unspecified atom stereocenters. The van der Waals surface area contributed by atoms with Crippen LogP contribution in [0.15, 0.2) is 0 Å². The molecule has 0 amide bonds. The average molecular weight is 224 g/mol.